The van der Waals surface area contributed by atoms with Crippen molar-refractivity contribution in [1.29, 1.82) is 0 Å². The topological polar surface area (TPSA) is 35.5 Å². The van der Waals surface area contributed by atoms with E-state index in [0.29, 0.717) is 11.3 Å². The number of piperidine rings is 1. The van der Waals surface area contributed by atoms with Crippen LogP contribution in [0.3, 0.4) is 0 Å². The molecular formula is C15H30N2O. The van der Waals surface area contributed by atoms with Gasteiger partial charge in [0.1, 0.15) is 0 Å². The van der Waals surface area contributed by atoms with Gasteiger partial charge in [0.25, 0.3) is 0 Å². The fourth-order valence-corrected chi connectivity index (χ4v) is 3.31. The molecule has 3 heteroatoms. The van der Waals surface area contributed by atoms with Gasteiger partial charge in [-0.1, -0.05) is 20.3 Å². The van der Waals surface area contributed by atoms with Crippen molar-refractivity contribution in [3.63, 3.8) is 0 Å². The van der Waals surface area contributed by atoms with E-state index in [2.05, 4.69) is 24.1 Å². The fourth-order valence-electron chi connectivity index (χ4n) is 3.31. The van der Waals surface area contributed by atoms with E-state index in [0.717, 1.165) is 6.54 Å². The van der Waals surface area contributed by atoms with Crippen molar-refractivity contribution in [3.05, 3.63) is 0 Å². The van der Waals surface area contributed by atoms with Crippen molar-refractivity contribution in [2.75, 3.05) is 33.3 Å². The SMILES string of the molecule is CCC1(C)CCN(CC(CO)(NC)C2CC2)CC1. The first kappa shape index (κ1) is 14.3. The molecule has 0 aromatic rings. The van der Waals surface area contributed by atoms with Crippen LogP contribution in [-0.2, 0) is 0 Å². The number of hydrogen-bond acceptors (Lipinski definition) is 3. The van der Waals surface area contributed by atoms with Crippen molar-refractivity contribution >= 4 is 0 Å². The third-order valence-corrected chi connectivity index (χ3v) is 5.56. The van der Waals surface area contributed by atoms with Crippen LogP contribution in [0.1, 0.15) is 46.0 Å². The predicted molar refractivity (Wildman–Crippen MR) is 75.7 cm³/mol. The number of aliphatic hydroxyl groups is 1. The summed E-state index contributed by atoms with van der Waals surface area (Å²) in [4.78, 5) is 2.56. The van der Waals surface area contributed by atoms with Gasteiger partial charge in [0, 0.05) is 6.54 Å². The standard InChI is InChI=1S/C15H30N2O/c1-4-14(2)7-9-17(10-8-14)11-15(12-18,16-3)13-5-6-13/h13,16,18H,4-12H2,1-3H3. The Morgan fingerprint density at radius 2 is 1.94 bits per heavy atom. The number of nitrogens with zero attached hydrogens (tertiary/aromatic N) is 1. The van der Waals surface area contributed by atoms with Gasteiger partial charge in [-0.15, -0.1) is 0 Å². The number of likely N-dealkylation sites (tertiary alicyclic amines) is 1. The van der Waals surface area contributed by atoms with E-state index in [-0.39, 0.29) is 12.1 Å². The minimum absolute atomic E-state index is 0.0417. The summed E-state index contributed by atoms with van der Waals surface area (Å²) in [5, 5.41) is 13.2. The summed E-state index contributed by atoms with van der Waals surface area (Å²) in [7, 11) is 2.01. The van der Waals surface area contributed by atoms with E-state index in [1.807, 2.05) is 7.05 Å². The molecule has 1 aliphatic heterocycles. The third kappa shape index (κ3) is 2.89. The summed E-state index contributed by atoms with van der Waals surface area (Å²) in [6.07, 6.45) is 6.46. The third-order valence-electron chi connectivity index (χ3n) is 5.56. The smallest absolute Gasteiger partial charge is 0.0628 e. The van der Waals surface area contributed by atoms with E-state index < -0.39 is 0 Å². The summed E-state index contributed by atoms with van der Waals surface area (Å²) in [5.41, 5.74) is 0.511. The van der Waals surface area contributed by atoms with Gasteiger partial charge in [-0.25, -0.2) is 0 Å². The Hall–Kier alpha value is -0.120. The van der Waals surface area contributed by atoms with Gasteiger partial charge in [0.15, 0.2) is 0 Å². The minimum Gasteiger partial charge on any atom is -0.394 e. The van der Waals surface area contributed by atoms with Crippen molar-refractivity contribution in [2.45, 2.75) is 51.5 Å². The average Bonchev–Trinajstić information content (AvgIpc) is 3.23. The highest BCUT2D eigenvalue weighted by Gasteiger charge is 2.45. The first-order chi connectivity index (χ1) is 8.57. The van der Waals surface area contributed by atoms with Crippen LogP contribution in [0.4, 0.5) is 0 Å². The molecule has 3 nitrogen and oxygen atoms in total. The Morgan fingerprint density at radius 3 is 2.33 bits per heavy atom. The number of rotatable bonds is 6. The van der Waals surface area contributed by atoms with Crippen molar-refractivity contribution in [2.24, 2.45) is 11.3 Å². The van der Waals surface area contributed by atoms with Crippen LogP contribution in [0.2, 0.25) is 0 Å². The zero-order valence-corrected chi connectivity index (χ0v) is 12.3. The molecule has 2 N–H and O–H groups in total. The molecule has 1 atom stereocenters. The molecule has 0 bridgehead atoms. The second kappa shape index (κ2) is 5.48. The summed E-state index contributed by atoms with van der Waals surface area (Å²) < 4.78 is 0. The molecule has 0 amide bonds. The number of nitrogens with one attached hydrogen (secondary N) is 1. The lowest BCUT2D eigenvalue weighted by Gasteiger charge is -2.43. The van der Waals surface area contributed by atoms with E-state index in [1.165, 1.54) is 45.2 Å². The molecule has 2 aliphatic rings. The van der Waals surface area contributed by atoms with Crippen LogP contribution >= 0.6 is 0 Å². The highest BCUT2D eigenvalue weighted by molar-refractivity contribution is 5.02. The Bertz CT molecular complexity index is 264. The van der Waals surface area contributed by atoms with Gasteiger partial charge in [0.05, 0.1) is 12.1 Å². The molecule has 2 rings (SSSR count). The van der Waals surface area contributed by atoms with E-state index >= 15 is 0 Å². The fraction of sp³-hybridized carbons (Fsp3) is 1.00. The molecule has 1 heterocycles. The minimum atomic E-state index is -0.0417. The van der Waals surface area contributed by atoms with Crippen LogP contribution in [-0.4, -0.2) is 48.8 Å². The van der Waals surface area contributed by atoms with Crippen LogP contribution in [0, 0.1) is 11.3 Å². The summed E-state index contributed by atoms with van der Waals surface area (Å²) in [5.74, 6) is 0.687. The quantitative estimate of drug-likeness (QED) is 0.759. The van der Waals surface area contributed by atoms with E-state index in [4.69, 9.17) is 0 Å². The van der Waals surface area contributed by atoms with Gasteiger partial charge in [-0.2, -0.15) is 0 Å². The largest absolute Gasteiger partial charge is 0.394 e. The van der Waals surface area contributed by atoms with Gasteiger partial charge in [-0.3, -0.25) is 0 Å². The molecule has 1 saturated heterocycles. The molecule has 2 fully saturated rings. The zero-order chi connectivity index (χ0) is 13.2. The van der Waals surface area contributed by atoms with E-state index in [9.17, 15) is 5.11 Å². The van der Waals surface area contributed by atoms with Crippen LogP contribution in [0.5, 0.6) is 0 Å². The van der Waals surface area contributed by atoms with Crippen molar-refractivity contribution < 1.29 is 5.11 Å². The molecular weight excluding hydrogens is 224 g/mol. The Labute approximate surface area is 112 Å². The molecule has 106 valence electrons. The average molecular weight is 254 g/mol. The number of likely N-dealkylation sites (N-methyl/N-ethyl adjacent to an activating group) is 1. The van der Waals surface area contributed by atoms with Gasteiger partial charge in [0.2, 0.25) is 0 Å². The summed E-state index contributed by atoms with van der Waals surface area (Å²) in [6.45, 7) is 8.41. The van der Waals surface area contributed by atoms with Crippen molar-refractivity contribution in [1.82, 2.24) is 10.2 Å². The molecule has 0 aromatic carbocycles. The maximum absolute atomic E-state index is 9.78. The molecule has 1 saturated carbocycles. The maximum Gasteiger partial charge on any atom is 0.0628 e. The van der Waals surface area contributed by atoms with Crippen LogP contribution in [0.25, 0.3) is 0 Å². The Morgan fingerprint density at radius 1 is 1.33 bits per heavy atom. The van der Waals surface area contributed by atoms with Crippen LogP contribution < -0.4 is 5.32 Å². The highest BCUT2D eigenvalue weighted by atomic mass is 16.3. The molecule has 1 unspecified atom stereocenters. The first-order valence-corrected chi connectivity index (χ1v) is 7.59. The zero-order valence-electron chi connectivity index (χ0n) is 12.3. The lowest BCUT2D eigenvalue weighted by molar-refractivity contribution is 0.0554. The summed E-state index contributed by atoms with van der Waals surface area (Å²) in [6, 6.07) is 0. The van der Waals surface area contributed by atoms with Gasteiger partial charge >= 0.3 is 0 Å². The normalized spacial score (nSPS) is 28.0. The highest BCUT2D eigenvalue weighted by Crippen LogP contribution is 2.41. The molecule has 0 radical (unpaired) electrons. The second-order valence-corrected chi connectivity index (χ2v) is 6.78. The molecule has 0 aromatic heterocycles. The number of hydrogen-bond donors (Lipinski definition) is 2. The monoisotopic (exact) mass is 254 g/mol. The Kier molecular flexibility index (Phi) is 4.35. The van der Waals surface area contributed by atoms with Crippen LogP contribution in [0.15, 0.2) is 0 Å². The Balaban J connectivity index is 1.90. The lowest BCUT2D eigenvalue weighted by Crippen LogP contribution is -2.58. The van der Waals surface area contributed by atoms with Gasteiger partial charge in [-0.05, 0) is 57.2 Å². The summed E-state index contributed by atoms with van der Waals surface area (Å²) >= 11 is 0. The lowest BCUT2D eigenvalue weighted by atomic mass is 9.78. The second-order valence-electron chi connectivity index (χ2n) is 6.78. The first-order valence-electron chi connectivity index (χ1n) is 7.59. The molecule has 1 aliphatic carbocycles. The maximum atomic E-state index is 9.78. The van der Waals surface area contributed by atoms with E-state index in [1.54, 1.807) is 0 Å². The predicted octanol–water partition coefficient (Wildman–Crippen LogP) is 1.86. The molecule has 18 heavy (non-hydrogen) atoms. The van der Waals surface area contributed by atoms with Crippen molar-refractivity contribution in [3.8, 4) is 0 Å². The number of aliphatic hydroxyl groups excluding tert-OH is 1. The molecule has 0 spiro atoms. The van der Waals surface area contributed by atoms with Gasteiger partial charge < -0.3 is 15.3 Å².